The Bertz CT molecular complexity index is 950. The molecule has 0 radical (unpaired) electrons. The van der Waals surface area contributed by atoms with Crippen LogP contribution in [-0.2, 0) is 14.3 Å². The maximum Gasteiger partial charge on any atom is 0.313 e. The lowest BCUT2D eigenvalue weighted by atomic mass is 9.97. The molecule has 3 rings (SSSR count). The Kier molecular flexibility index (Phi) is 5.40. The third-order valence-electron chi connectivity index (χ3n) is 3.93. The minimum Gasteiger partial charge on any atom is -0.430 e. The second kappa shape index (κ2) is 7.44. The van der Waals surface area contributed by atoms with E-state index in [-0.39, 0.29) is 0 Å². The van der Waals surface area contributed by atoms with E-state index in [0.717, 1.165) is 4.47 Å². The van der Waals surface area contributed by atoms with Crippen molar-refractivity contribution in [3.05, 3.63) is 63.1 Å². The summed E-state index contributed by atoms with van der Waals surface area (Å²) in [5.41, 5.74) is 1.60. The average Bonchev–Trinajstić information content (AvgIpc) is 2.72. The van der Waals surface area contributed by atoms with Crippen molar-refractivity contribution in [2.75, 3.05) is 5.32 Å². The fourth-order valence-electron chi connectivity index (χ4n) is 2.49. The van der Waals surface area contributed by atoms with Crippen molar-refractivity contribution in [3.63, 3.8) is 0 Å². The van der Waals surface area contributed by atoms with Crippen LogP contribution in [0.25, 0.3) is 0 Å². The third kappa shape index (κ3) is 4.22. The van der Waals surface area contributed by atoms with Crippen LogP contribution < -0.4 is 5.32 Å². The molecule has 7 heteroatoms. The topological polar surface area (TPSA) is 67.8 Å². The van der Waals surface area contributed by atoms with E-state index in [0.29, 0.717) is 27.5 Å². The van der Waals surface area contributed by atoms with Crippen molar-refractivity contribution in [2.24, 2.45) is 10.4 Å². The number of anilines is 1. The fourth-order valence-corrected chi connectivity index (χ4v) is 3.07. The van der Waals surface area contributed by atoms with Gasteiger partial charge in [-0.15, -0.1) is 0 Å². The number of benzodiazepines with no additional fused rings is 1. The molecule has 1 heterocycles. The van der Waals surface area contributed by atoms with Crippen LogP contribution in [0.2, 0.25) is 5.02 Å². The Hall–Kier alpha value is -2.18. The van der Waals surface area contributed by atoms with Gasteiger partial charge in [-0.3, -0.25) is 9.59 Å². The summed E-state index contributed by atoms with van der Waals surface area (Å²) in [6, 6.07) is 12.6. The predicted molar refractivity (Wildman–Crippen MR) is 109 cm³/mol. The summed E-state index contributed by atoms with van der Waals surface area (Å²) in [4.78, 5) is 29.4. The van der Waals surface area contributed by atoms with Crippen LogP contribution in [0.1, 0.15) is 31.9 Å². The highest BCUT2D eigenvalue weighted by Gasteiger charge is 2.33. The highest BCUT2D eigenvalue weighted by Crippen LogP contribution is 2.30. The molecular weight excluding hydrogens is 432 g/mol. The van der Waals surface area contributed by atoms with E-state index in [2.05, 4.69) is 26.2 Å². The number of halogens is 2. The van der Waals surface area contributed by atoms with Crippen LogP contribution in [-0.4, -0.2) is 23.8 Å². The van der Waals surface area contributed by atoms with E-state index in [1.807, 2.05) is 30.3 Å². The van der Waals surface area contributed by atoms with E-state index < -0.39 is 23.5 Å². The number of carbonyl (C=O) groups excluding carboxylic acids is 2. The van der Waals surface area contributed by atoms with Crippen molar-refractivity contribution in [1.29, 1.82) is 0 Å². The summed E-state index contributed by atoms with van der Waals surface area (Å²) in [5, 5.41) is 3.26. The minimum absolute atomic E-state index is 0.474. The zero-order chi connectivity index (χ0) is 19.8. The van der Waals surface area contributed by atoms with Gasteiger partial charge in [-0.25, -0.2) is 4.99 Å². The summed E-state index contributed by atoms with van der Waals surface area (Å²) in [5.74, 6) is -1.03. The lowest BCUT2D eigenvalue weighted by Crippen LogP contribution is -2.34. The van der Waals surface area contributed by atoms with Gasteiger partial charge in [0, 0.05) is 20.6 Å². The van der Waals surface area contributed by atoms with E-state index >= 15 is 0 Å². The summed E-state index contributed by atoms with van der Waals surface area (Å²) < 4.78 is 6.23. The summed E-state index contributed by atoms with van der Waals surface area (Å²) in [6.45, 7) is 5.15. The molecule has 1 unspecified atom stereocenters. The van der Waals surface area contributed by atoms with Crippen LogP contribution in [0.5, 0.6) is 0 Å². The molecular formula is C20H18BrClN2O3. The minimum atomic E-state index is -1.31. The molecule has 27 heavy (non-hydrogen) atoms. The van der Waals surface area contributed by atoms with Crippen LogP contribution in [0.3, 0.4) is 0 Å². The quantitative estimate of drug-likeness (QED) is 0.669. The molecule has 0 bridgehead atoms. The SMILES string of the molecule is CC(C)(C)C(=O)OC1N=C(c2ccccc2Cl)c2cc(Br)ccc2NC1=O. The first-order valence-electron chi connectivity index (χ1n) is 8.31. The molecule has 0 spiro atoms. The molecule has 1 aliphatic heterocycles. The second-order valence-electron chi connectivity index (χ2n) is 7.14. The molecule has 5 nitrogen and oxygen atoms in total. The molecule has 0 aliphatic carbocycles. The molecule has 2 aromatic rings. The van der Waals surface area contributed by atoms with Gasteiger partial charge in [0.15, 0.2) is 0 Å². The van der Waals surface area contributed by atoms with Gasteiger partial charge in [0.05, 0.1) is 16.8 Å². The normalized spacial score (nSPS) is 16.7. The smallest absolute Gasteiger partial charge is 0.313 e. The number of hydrogen-bond acceptors (Lipinski definition) is 4. The molecule has 0 saturated carbocycles. The van der Waals surface area contributed by atoms with Crippen LogP contribution in [0.4, 0.5) is 5.69 Å². The summed E-state index contributed by atoms with van der Waals surface area (Å²) in [7, 11) is 0. The van der Waals surface area contributed by atoms with Gasteiger partial charge in [0.25, 0.3) is 12.1 Å². The number of rotatable bonds is 2. The Balaban J connectivity index is 2.15. The number of nitrogens with one attached hydrogen (secondary N) is 1. The largest absolute Gasteiger partial charge is 0.430 e. The highest BCUT2D eigenvalue weighted by molar-refractivity contribution is 9.10. The van der Waals surface area contributed by atoms with Gasteiger partial charge < -0.3 is 10.1 Å². The van der Waals surface area contributed by atoms with E-state index in [9.17, 15) is 9.59 Å². The lowest BCUT2D eigenvalue weighted by Gasteiger charge is -2.20. The summed E-state index contributed by atoms with van der Waals surface area (Å²) in [6.07, 6.45) is -1.31. The molecule has 0 aromatic heterocycles. The average molecular weight is 450 g/mol. The molecule has 1 atom stereocenters. The molecule has 140 valence electrons. The number of amides is 1. The fraction of sp³-hybridized carbons (Fsp3) is 0.250. The molecule has 1 N–H and O–H groups in total. The zero-order valence-corrected chi connectivity index (χ0v) is 17.4. The van der Waals surface area contributed by atoms with Crippen molar-refractivity contribution in [3.8, 4) is 0 Å². The van der Waals surface area contributed by atoms with Gasteiger partial charge in [0.1, 0.15) is 0 Å². The molecule has 2 aromatic carbocycles. The van der Waals surface area contributed by atoms with Gasteiger partial charge >= 0.3 is 5.97 Å². The number of carbonyl (C=O) groups is 2. The molecule has 1 aliphatic rings. The van der Waals surface area contributed by atoms with Gasteiger partial charge in [0.2, 0.25) is 0 Å². The number of hydrogen-bond donors (Lipinski definition) is 1. The van der Waals surface area contributed by atoms with E-state index in [1.165, 1.54) is 0 Å². The standard InChI is InChI=1S/C20H18BrClN2O3/c1-20(2,3)19(26)27-18-17(25)23-15-9-8-11(21)10-13(15)16(24-18)12-6-4-5-7-14(12)22/h4-10,18H,1-3H3,(H,23,25). The second-order valence-corrected chi connectivity index (χ2v) is 8.47. The Labute approximate surface area is 170 Å². The van der Waals surface area contributed by atoms with Crippen molar-refractivity contribution in [2.45, 2.75) is 27.0 Å². The first-order valence-corrected chi connectivity index (χ1v) is 9.48. The Morgan fingerprint density at radius 2 is 1.89 bits per heavy atom. The van der Waals surface area contributed by atoms with Gasteiger partial charge in [-0.2, -0.15) is 0 Å². The van der Waals surface area contributed by atoms with Crippen LogP contribution >= 0.6 is 27.5 Å². The number of fused-ring (bicyclic) bond motifs is 1. The van der Waals surface area contributed by atoms with Crippen LogP contribution in [0.15, 0.2) is 51.9 Å². The molecule has 0 saturated heterocycles. The first kappa shape index (κ1) is 19.6. The van der Waals surface area contributed by atoms with Gasteiger partial charge in [-0.1, -0.05) is 45.7 Å². The lowest BCUT2D eigenvalue weighted by molar-refractivity contribution is -0.161. The number of esters is 1. The van der Waals surface area contributed by atoms with Crippen molar-refractivity contribution < 1.29 is 14.3 Å². The van der Waals surface area contributed by atoms with Crippen LogP contribution in [0, 0.1) is 5.41 Å². The van der Waals surface area contributed by atoms with E-state index in [1.54, 1.807) is 32.9 Å². The van der Waals surface area contributed by atoms with Gasteiger partial charge in [-0.05, 0) is 45.0 Å². The number of nitrogens with zero attached hydrogens (tertiary/aromatic N) is 1. The third-order valence-corrected chi connectivity index (χ3v) is 4.75. The van der Waals surface area contributed by atoms with Crippen molar-refractivity contribution >= 4 is 50.8 Å². The maximum atomic E-state index is 12.6. The van der Waals surface area contributed by atoms with E-state index in [4.69, 9.17) is 16.3 Å². The number of ether oxygens (including phenoxy) is 1. The Morgan fingerprint density at radius 1 is 1.19 bits per heavy atom. The zero-order valence-electron chi connectivity index (χ0n) is 15.0. The maximum absolute atomic E-state index is 12.6. The molecule has 1 amide bonds. The predicted octanol–water partition coefficient (Wildman–Crippen LogP) is 4.81. The Morgan fingerprint density at radius 3 is 2.56 bits per heavy atom. The number of aliphatic imine (C=N–C) groups is 1. The monoisotopic (exact) mass is 448 g/mol. The number of benzene rings is 2. The highest BCUT2D eigenvalue weighted by atomic mass is 79.9. The molecule has 0 fully saturated rings. The summed E-state index contributed by atoms with van der Waals surface area (Å²) >= 11 is 9.82. The van der Waals surface area contributed by atoms with Crippen molar-refractivity contribution in [1.82, 2.24) is 0 Å². The first-order chi connectivity index (χ1) is 12.7.